The van der Waals surface area contributed by atoms with Crippen LogP contribution in [0.2, 0.25) is 0 Å². The van der Waals surface area contributed by atoms with Crippen LogP contribution >= 0.6 is 0 Å². The zero-order chi connectivity index (χ0) is 15.3. The van der Waals surface area contributed by atoms with Crippen LogP contribution in [-0.4, -0.2) is 25.8 Å². The van der Waals surface area contributed by atoms with Gasteiger partial charge < -0.3 is 10.1 Å². The average Bonchev–Trinajstić information content (AvgIpc) is 2.50. The summed E-state index contributed by atoms with van der Waals surface area (Å²) in [5, 5.41) is 3.54. The number of benzene rings is 1. The maximum absolute atomic E-state index is 6.05. The first-order valence-corrected chi connectivity index (χ1v) is 8.28. The van der Waals surface area contributed by atoms with Gasteiger partial charge in [-0.05, 0) is 56.6 Å². The van der Waals surface area contributed by atoms with Gasteiger partial charge in [0.15, 0.2) is 0 Å². The number of hydrogen-bond donors (Lipinski definition) is 1. The lowest BCUT2D eigenvalue weighted by atomic mass is 9.67. The number of aryl methyl sites for hydroxylation is 1. The normalized spacial score (nSPS) is 21.9. The monoisotopic (exact) mass is 289 g/mol. The van der Waals surface area contributed by atoms with Crippen molar-refractivity contribution in [2.75, 3.05) is 14.2 Å². The van der Waals surface area contributed by atoms with Crippen molar-refractivity contribution in [3.8, 4) is 0 Å². The maximum Gasteiger partial charge on any atom is 0.0831 e. The van der Waals surface area contributed by atoms with Crippen molar-refractivity contribution >= 4 is 0 Å². The SMILES string of the molecule is CNC(CCc1ccccc1)C1(OC)CCC(C)(C)CC1. The lowest BCUT2D eigenvalue weighted by molar-refractivity contribution is -0.0863. The minimum absolute atomic E-state index is 0.0129. The molecule has 21 heavy (non-hydrogen) atoms. The number of nitrogens with one attached hydrogen (secondary N) is 1. The molecule has 1 aliphatic carbocycles. The van der Waals surface area contributed by atoms with E-state index < -0.39 is 0 Å². The van der Waals surface area contributed by atoms with Gasteiger partial charge in [-0.1, -0.05) is 44.2 Å². The van der Waals surface area contributed by atoms with Gasteiger partial charge in [0.25, 0.3) is 0 Å². The quantitative estimate of drug-likeness (QED) is 0.847. The van der Waals surface area contributed by atoms with Gasteiger partial charge in [0.1, 0.15) is 0 Å². The lowest BCUT2D eigenvalue weighted by Gasteiger charge is -2.47. The predicted molar refractivity (Wildman–Crippen MR) is 89.6 cm³/mol. The highest BCUT2D eigenvalue weighted by atomic mass is 16.5. The minimum Gasteiger partial charge on any atom is -0.377 e. The van der Waals surface area contributed by atoms with E-state index >= 15 is 0 Å². The van der Waals surface area contributed by atoms with E-state index in [-0.39, 0.29) is 5.60 Å². The summed E-state index contributed by atoms with van der Waals surface area (Å²) in [5.74, 6) is 0. The molecule has 0 amide bonds. The van der Waals surface area contributed by atoms with Gasteiger partial charge in [-0.25, -0.2) is 0 Å². The Balaban J connectivity index is 2.01. The molecule has 1 unspecified atom stereocenters. The Kier molecular flexibility index (Phi) is 5.45. The van der Waals surface area contributed by atoms with Crippen LogP contribution in [0.5, 0.6) is 0 Å². The second-order valence-corrected chi connectivity index (χ2v) is 7.30. The van der Waals surface area contributed by atoms with Crippen LogP contribution in [0.1, 0.15) is 51.5 Å². The summed E-state index contributed by atoms with van der Waals surface area (Å²) in [6.07, 6.45) is 7.08. The molecule has 1 saturated carbocycles. The van der Waals surface area contributed by atoms with Crippen molar-refractivity contribution in [3.05, 3.63) is 35.9 Å². The highest BCUT2D eigenvalue weighted by Crippen LogP contribution is 2.44. The van der Waals surface area contributed by atoms with Gasteiger partial charge >= 0.3 is 0 Å². The highest BCUT2D eigenvalue weighted by molar-refractivity contribution is 5.15. The first kappa shape index (κ1) is 16.5. The smallest absolute Gasteiger partial charge is 0.0831 e. The number of rotatable bonds is 6. The van der Waals surface area contributed by atoms with Crippen molar-refractivity contribution in [2.45, 2.75) is 64.0 Å². The number of likely N-dealkylation sites (N-methyl/N-ethyl adjacent to an activating group) is 1. The molecule has 1 atom stereocenters. The Morgan fingerprint density at radius 1 is 1.10 bits per heavy atom. The van der Waals surface area contributed by atoms with Crippen molar-refractivity contribution in [3.63, 3.8) is 0 Å². The zero-order valence-corrected chi connectivity index (χ0v) is 14.1. The third-order valence-corrected chi connectivity index (χ3v) is 5.40. The first-order chi connectivity index (χ1) is 10.0. The van der Waals surface area contributed by atoms with Crippen LogP contribution in [0.3, 0.4) is 0 Å². The van der Waals surface area contributed by atoms with Gasteiger partial charge in [0.2, 0.25) is 0 Å². The molecule has 118 valence electrons. The average molecular weight is 289 g/mol. The molecule has 0 aromatic heterocycles. The molecule has 0 heterocycles. The number of ether oxygens (including phenoxy) is 1. The summed E-state index contributed by atoms with van der Waals surface area (Å²) in [4.78, 5) is 0. The molecule has 0 bridgehead atoms. The van der Waals surface area contributed by atoms with E-state index in [1.807, 2.05) is 7.11 Å². The summed E-state index contributed by atoms with van der Waals surface area (Å²) in [7, 11) is 3.97. The molecule has 1 aliphatic rings. The summed E-state index contributed by atoms with van der Waals surface area (Å²) < 4.78 is 6.05. The molecule has 0 radical (unpaired) electrons. The largest absolute Gasteiger partial charge is 0.377 e. The molecule has 2 nitrogen and oxygen atoms in total. The standard InChI is InChI=1S/C19H31NO/c1-18(2)12-14-19(21-4,15-13-18)17(20-3)11-10-16-8-6-5-7-9-16/h5-9,17,20H,10-15H2,1-4H3. The summed E-state index contributed by atoms with van der Waals surface area (Å²) in [6, 6.07) is 11.2. The fourth-order valence-corrected chi connectivity index (χ4v) is 3.67. The van der Waals surface area contributed by atoms with Crippen LogP contribution in [0.25, 0.3) is 0 Å². The molecular formula is C19H31NO. The third kappa shape index (κ3) is 4.08. The fourth-order valence-electron chi connectivity index (χ4n) is 3.67. The molecule has 0 aliphatic heterocycles. The Bertz CT molecular complexity index is 416. The molecule has 1 aromatic rings. The van der Waals surface area contributed by atoms with E-state index in [9.17, 15) is 0 Å². The van der Waals surface area contributed by atoms with Gasteiger partial charge in [-0.2, -0.15) is 0 Å². The van der Waals surface area contributed by atoms with E-state index in [1.54, 1.807) is 0 Å². The lowest BCUT2D eigenvalue weighted by Crippen LogP contribution is -2.54. The van der Waals surface area contributed by atoms with Gasteiger partial charge in [-0.3, -0.25) is 0 Å². The zero-order valence-electron chi connectivity index (χ0n) is 14.1. The van der Waals surface area contributed by atoms with E-state index in [4.69, 9.17) is 4.74 Å². The molecule has 1 aromatic carbocycles. The van der Waals surface area contributed by atoms with Crippen LogP contribution in [0, 0.1) is 5.41 Å². The van der Waals surface area contributed by atoms with Gasteiger partial charge in [0, 0.05) is 13.2 Å². The van der Waals surface area contributed by atoms with Gasteiger partial charge in [0.05, 0.1) is 5.60 Å². The molecular weight excluding hydrogens is 258 g/mol. The van der Waals surface area contributed by atoms with Crippen molar-refractivity contribution in [2.24, 2.45) is 5.41 Å². The Morgan fingerprint density at radius 3 is 2.24 bits per heavy atom. The maximum atomic E-state index is 6.05. The number of hydrogen-bond acceptors (Lipinski definition) is 2. The third-order valence-electron chi connectivity index (χ3n) is 5.40. The van der Waals surface area contributed by atoms with Crippen molar-refractivity contribution in [1.82, 2.24) is 5.32 Å². The first-order valence-electron chi connectivity index (χ1n) is 8.28. The topological polar surface area (TPSA) is 21.3 Å². The minimum atomic E-state index is 0.0129. The molecule has 2 heteroatoms. The van der Waals surface area contributed by atoms with E-state index in [0.717, 1.165) is 25.7 Å². The second-order valence-electron chi connectivity index (χ2n) is 7.30. The summed E-state index contributed by atoms with van der Waals surface area (Å²) in [6.45, 7) is 4.76. The molecule has 1 fully saturated rings. The predicted octanol–water partition coefficient (Wildman–Crippen LogP) is 4.19. The molecule has 0 spiro atoms. The van der Waals surface area contributed by atoms with Crippen LogP contribution in [0.4, 0.5) is 0 Å². The fraction of sp³-hybridized carbons (Fsp3) is 0.684. The second kappa shape index (κ2) is 6.93. The number of methoxy groups -OCH3 is 1. The summed E-state index contributed by atoms with van der Waals surface area (Å²) in [5.41, 5.74) is 1.90. The molecule has 0 saturated heterocycles. The van der Waals surface area contributed by atoms with Crippen molar-refractivity contribution < 1.29 is 4.74 Å². The highest BCUT2D eigenvalue weighted by Gasteiger charge is 2.43. The van der Waals surface area contributed by atoms with Crippen LogP contribution in [-0.2, 0) is 11.2 Å². The van der Waals surface area contributed by atoms with Gasteiger partial charge in [-0.15, -0.1) is 0 Å². The van der Waals surface area contributed by atoms with E-state index in [0.29, 0.717) is 11.5 Å². The Morgan fingerprint density at radius 2 is 1.71 bits per heavy atom. The summed E-state index contributed by atoms with van der Waals surface area (Å²) >= 11 is 0. The van der Waals surface area contributed by atoms with E-state index in [1.165, 1.54) is 18.4 Å². The Labute approximate surface area is 130 Å². The molecule has 1 N–H and O–H groups in total. The molecule has 2 rings (SSSR count). The Hall–Kier alpha value is -0.860. The van der Waals surface area contributed by atoms with Crippen LogP contribution in [0.15, 0.2) is 30.3 Å². The van der Waals surface area contributed by atoms with Crippen LogP contribution < -0.4 is 5.32 Å². The van der Waals surface area contributed by atoms with E-state index in [2.05, 4.69) is 56.5 Å². The van der Waals surface area contributed by atoms with Crippen molar-refractivity contribution in [1.29, 1.82) is 0 Å².